The molecule has 5 heteroatoms. The summed E-state index contributed by atoms with van der Waals surface area (Å²) in [6.07, 6.45) is 0.425. The lowest BCUT2D eigenvalue weighted by atomic mass is 9.91. The maximum atomic E-state index is 12.2. The molecule has 0 aliphatic heterocycles. The third-order valence-corrected chi connectivity index (χ3v) is 2.70. The van der Waals surface area contributed by atoms with Crippen LogP contribution in [-0.2, 0) is 4.79 Å². The Kier molecular flexibility index (Phi) is 4.53. The van der Waals surface area contributed by atoms with Gasteiger partial charge >= 0.3 is 0 Å². The van der Waals surface area contributed by atoms with E-state index < -0.39 is 0 Å². The van der Waals surface area contributed by atoms with E-state index in [1.54, 1.807) is 30.1 Å². The Bertz CT molecular complexity index is 490. The molecule has 1 rings (SSSR count). The van der Waals surface area contributed by atoms with Crippen LogP contribution < -0.4 is 10.6 Å². The molecule has 1 aromatic carbocycles. The first-order chi connectivity index (χ1) is 8.76. The quantitative estimate of drug-likeness (QED) is 0.380. The number of carbonyl (C=O) groups excluding carboxylic acids is 1. The summed E-state index contributed by atoms with van der Waals surface area (Å²) in [5, 5.41) is 11.8. The molecule has 5 nitrogen and oxygen atoms in total. The number of carbonyl (C=O) groups is 1. The van der Waals surface area contributed by atoms with Crippen LogP contribution in [0.3, 0.4) is 0 Å². The van der Waals surface area contributed by atoms with Gasteiger partial charge in [0.05, 0.1) is 5.69 Å². The van der Waals surface area contributed by atoms with Crippen LogP contribution in [0.25, 0.3) is 0 Å². The number of nitrogens with zero attached hydrogens (tertiary/aromatic N) is 2. The largest absolute Gasteiger partial charge is 0.409 e. The fourth-order valence-electron chi connectivity index (χ4n) is 1.74. The van der Waals surface area contributed by atoms with E-state index in [0.29, 0.717) is 17.7 Å². The summed E-state index contributed by atoms with van der Waals surface area (Å²) in [6, 6.07) is 7.07. The third kappa shape index (κ3) is 3.98. The number of nitrogens with two attached hydrogens (primary N) is 1. The van der Waals surface area contributed by atoms with Crippen LogP contribution in [0.15, 0.2) is 29.4 Å². The predicted molar refractivity (Wildman–Crippen MR) is 76.4 cm³/mol. The van der Waals surface area contributed by atoms with Crippen molar-refractivity contribution in [3.8, 4) is 0 Å². The van der Waals surface area contributed by atoms with Gasteiger partial charge in [-0.3, -0.25) is 4.79 Å². The molecule has 1 amide bonds. The Morgan fingerprint density at radius 2 is 1.95 bits per heavy atom. The summed E-state index contributed by atoms with van der Waals surface area (Å²) < 4.78 is 0. The van der Waals surface area contributed by atoms with Crippen LogP contribution in [-0.4, -0.2) is 24.0 Å². The average Bonchev–Trinajstić information content (AvgIpc) is 2.35. The lowest BCUT2D eigenvalue weighted by molar-refractivity contribution is -0.120. The van der Waals surface area contributed by atoms with Gasteiger partial charge in [0.2, 0.25) is 5.91 Å². The highest BCUT2D eigenvalue weighted by molar-refractivity contribution is 6.06. The monoisotopic (exact) mass is 263 g/mol. The first kappa shape index (κ1) is 15.0. The smallest absolute Gasteiger partial charge is 0.227 e. The van der Waals surface area contributed by atoms with Crippen molar-refractivity contribution in [2.45, 2.75) is 27.2 Å². The fraction of sp³-hybridized carbons (Fsp3) is 0.429. The Balaban J connectivity index is 3.07. The van der Waals surface area contributed by atoms with Crippen LogP contribution >= 0.6 is 0 Å². The van der Waals surface area contributed by atoms with Gasteiger partial charge in [0.15, 0.2) is 5.84 Å². The second-order valence-corrected chi connectivity index (χ2v) is 5.69. The molecule has 0 unspecified atom stereocenters. The summed E-state index contributed by atoms with van der Waals surface area (Å²) in [6.45, 7) is 6.02. The first-order valence-electron chi connectivity index (χ1n) is 6.10. The third-order valence-electron chi connectivity index (χ3n) is 2.70. The van der Waals surface area contributed by atoms with E-state index in [9.17, 15) is 4.79 Å². The van der Waals surface area contributed by atoms with Gasteiger partial charge in [-0.1, -0.05) is 38.1 Å². The van der Waals surface area contributed by atoms with Gasteiger partial charge in [0.25, 0.3) is 0 Å². The number of rotatable bonds is 3. The van der Waals surface area contributed by atoms with Crippen LogP contribution in [0, 0.1) is 5.41 Å². The zero-order valence-electron chi connectivity index (χ0n) is 11.8. The van der Waals surface area contributed by atoms with Crippen molar-refractivity contribution >= 4 is 17.4 Å². The number of hydrogen-bond donors (Lipinski definition) is 2. The maximum Gasteiger partial charge on any atom is 0.227 e. The molecular weight excluding hydrogens is 242 g/mol. The molecule has 3 N–H and O–H groups in total. The van der Waals surface area contributed by atoms with Crippen molar-refractivity contribution in [1.29, 1.82) is 0 Å². The van der Waals surface area contributed by atoms with Gasteiger partial charge in [0.1, 0.15) is 0 Å². The number of amides is 1. The second kappa shape index (κ2) is 5.73. The fourth-order valence-corrected chi connectivity index (χ4v) is 1.74. The lowest BCUT2D eigenvalue weighted by Gasteiger charge is -2.24. The first-order valence-corrected chi connectivity index (χ1v) is 6.10. The minimum atomic E-state index is -0.0864. The number of amidine groups is 1. The highest BCUT2D eigenvalue weighted by Crippen LogP contribution is 2.24. The maximum absolute atomic E-state index is 12.2. The molecular formula is C14H21N3O2. The van der Waals surface area contributed by atoms with Crippen molar-refractivity contribution in [3.05, 3.63) is 29.8 Å². The minimum absolute atomic E-state index is 0.00833. The normalized spacial score (nSPS) is 12.3. The molecule has 0 aromatic heterocycles. The molecule has 0 atom stereocenters. The predicted octanol–water partition coefficient (Wildman–Crippen LogP) is 2.18. The van der Waals surface area contributed by atoms with Crippen LogP contribution in [0.4, 0.5) is 5.69 Å². The van der Waals surface area contributed by atoms with E-state index in [-0.39, 0.29) is 17.2 Å². The van der Waals surface area contributed by atoms with Crippen molar-refractivity contribution in [2.24, 2.45) is 16.3 Å². The Morgan fingerprint density at radius 3 is 2.47 bits per heavy atom. The topological polar surface area (TPSA) is 78.9 Å². The van der Waals surface area contributed by atoms with Gasteiger partial charge in [-0.25, -0.2) is 0 Å². The van der Waals surface area contributed by atoms with Crippen LogP contribution in [0.2, 0.25) is 0 Å². The molecule has 19 heavy (non-hydrogen) atoms. The molecule has 0 radical (unpaired) electrons. The molecule has 0 aliphatic carbocycles. The number of anilines is 1. The standard InChI is InChI=1S/C14H21N3O2/c1-14(2,3)9-12(18)17(4)11-8-6-5-7-10(11)13(15)16-19/h5-8,19H,9H2,1-4H3,(H2,15,16). The van der Waals surface area contributed by atoms with Gasteiger partial charge in [-0.05, 0) is 17.5 Å². The van der Waals surface area contributed by atoms with E-state index in [1.165, 1.54) is 0 Å². The summed E-state index contributed by atoms with van der Waals surface area (Å²) in [5.74, 6) is -0.0169. The molecule has 0 saturated carbocycles. The molecule has 0 heterocycles. The summed E-state index contributed by atoms with van der Waals surface area (Å²) in [4.78, 5) is 13.7. The highest BCUT2D eigenvalue weighted by Gasteiger charge is 2.21. The molecule has 1 aromatic rings. The molecule has 0 spiro atoms. The minimum Gasteiger partial charge on any atom is -0.409 e. The zero-order chi connectivity index (χ0) is 14.6. The van der Waals surface area contributed by atoms with Crippen LogP contribution in [0.1, 0.15) is 32.8 Å². The Morgan fingerprint density at radius 1 is 1.37 bits per heavy atom. The van der Waals surface area contributed by atoms with Crippen molar-refractivity contribution in [3.63, 3.8) is 0 Å². The van der Waals surface area contributed by atoms with E-state index in [0.717, 1.165) is 0 Å². The van der Waals surface area contributed by atoms with Gasteiger partial charge in [-0.15, -0.1) is 0 Å². The number of hydrogen-bond acceptors (Lipinski definition) is 3. The van der Waals surface area contributed by atoms with Crippen molar-refractivity contribution in [1.82, 2.24) is 0 Å². The molecule has 0 fully saturated rings. The Hall–Kier alpha value is -2.04. The number of oxime groups is 1. The number of benzene rings is 1. The molecule has 0 aliphatic rings. The summed E-state index contributed by atoms with van der Waals surface area (Å²) >= 11 is 0. The second-order valence-electron chi connectivity index (χ2n) is 5.69. The van der Waals surface area contributed by atoms with Gasteiger partial charge in [0, 0.05) is 19.0 Å². The van der Waals surface area contributed by atoms with E-state index >= 15 is 0 Å². The van der Waals surface area contributed by atoms with Crippen molar-refractivity contribution < 1.29 is 10.0 Å². The molecule has 0 saturated heterocycles. The van der Waals surface area contributed by atoms with Gasteiger partial charge < -0.3 is 15.8 Å². The SMILES string of the molecule is CN(C(=O)CC(C)(C)C)c1ccccc1C(N)=NO. The highest BCUT2D eigenvalue weighted by atomic mass is 16.4. The van der Waals surface area contributed by atoms with Crippen LogP contribution in [0.5, 0.6) is 0 Å². The average molecular weight is 263 g/mol. The summed E-state index contributed by atoms with van der Waals surface area (Å²) in [7, 11) is 1.69. The van der Waals surface area contributed by atoms with E-state index in [4.69, 9.17) is 10.9 Å². The summed E-state index contributed by atoms with van der Waals surface area (Å²) in [5.41, 5.74) is 6.70. The lowest BCUT2D eigenvalue weighted by Crippen LogP contribution is -2.31. The Labute approximate surface area is 113 Å². The number of para-hydroxylation sites is 1. The van der Waals surface area contributed by atoms with E-state index in [1.807, 2.05) is 26.8 Å². The zero-order valence-corrected chi connectivity index (χ0v) is 11.8. The molecule has 0 bridgehead atoms. The van der Waals surface area contributed by atoms with Gasteiger partial charge in [-0.2, -0.15) is 0 Å². The van der Waals surface area contributed by atoms with E-state index in [2.05, 4.69) is 5.16 Å². The van der Waals surface area contributed by atoms with Crippen molar-refractivity contribution in [2.75, 3.05) is 11.9 Å². The molecule has 104 valence electrons.